The molecule has 278 valence electrons. The minimum Gasteiger partial charge on any atom is -0.343 e. The van der Waals surface area contributed by atoms with Crippen molar-refractivity contribution in [3.8, 4) is 0 Å². The van der Waals surface area contributed by atoms with Crippen molar-refractivity contribution in [1.82, 2.24) is 31.5 Å². The van der Waals surface area contributed by atoms with Gasteiger partial charge in [0.05, 0.1) is 0 Å². The second-order valence-corrected chi connectivity index (χ2v) is 15.4. The number of rotatable bonds is 10. The number of carbonyl (C=O) groups is 6. The average Bonchev–Trinajstić information content (AvgIpc) is 3.55. The molecule has 0 radical (unpaired) electrons. The Kier molecular flexibility index (Phi) is 15.3. The van der Waals surface area contributed by atoms with E-state index in [9.17, 15) is 28.8 Å². The molecule has 1 aromatic carbocycles. The number of benzene rings is 1. The molecule has 2 aliphatic rings. The van der Waals surface area contributed by atoms with Crippen molar-refractivity contribution < 1.29 is 28.8 Å². The van der Waals surface area contributed by atoms with E-state index in [2.05, 4.69) is 26.6 Å². The molecule has 0 saturated carbocycles. The Bertz CT molecular complexity index is 1330. The molecule has 12 heteroatoms. The van der Waals surface area contributed by atoms with Gasteiger partial charge in [-0.1, -0.05) is 92.1 Å². The summed E-state index contributed by atoms with van der Waals surface area (Å²) >= 11 is 0. The minimum absolute atomic E-state index is 0.0138. The zero-order valence-electron chi connectivity index (χ0n) is 31.2. The summed E-state index contributed by atoms with van der Waals surface area (Å²) in [4.78, 5) is 85.4. The topological polar surface area (TPSA) is 166 Å². The molecule has 12 nitrogen and oxygen atoms in total. The third-order valence-electron chi connectivity index (χ3n) is 9.55. The Balaban J connectivity index is 2.11. The molecule has 6 amide bonds. The molecule has 7 atom stereocenters. The molecule has 0 bridgehead atoms. The average molecular weight is 697 g/mol. The summed E-state index contributed by atoms with van der Waals surface area (Å²) in [6.07, 6.45) is 2.64. The van der Waals surface area contributed by atoms with E-state index < -0.39 is 71.7 Å². The third-order valence-corrected chi connectivity index (χ3v) is 9.55. The Hall–Kier alpha value is -3.96. The summed E-state index contributed by atoms with van der Waals surface area (Å²) in [6, 6.07) is 3.56. The summed E-state index contributed by atoms with van der Waals surface area (Å²) in [5, 5.41) is 14.5. The van der Waals surface area contributed by atoms with E-state index in [-0.39, 0.29) is 30.1 Å². The SMILES string of the molecule is CCC(C)C1NC(=O)C(CC(C)C)NC(=O)C(CC(C)C)NC(=O)C2CCCN2C(=O)C(Cc2ccccc2)NC(=O)C(CC(C)C)NC1=O. The van der Waals surface area contributed by atoms with Crippen LogP contribution in [0.4, 0.5) is 0 Å². The van der Waals surface area contributed by atoms with Gasteiger partial charge in [-0.3, -0.25) is 28.8 Å². The lowest BCUT2D eigenvalue weighted by Crippen LogP contribution is -2.62. The summed E-state index contributed by atoms with van der Waals surface area (Å²) in [5.74, 6) is -3.11. The van der Waals surface area contributed by atoms with Gasteiger partial charge in [0.25, 0.3) is 0 Å². The molecule has 2 heterocycles. The number of carbonyl (C=O) groups excluding carboxylic acids is 6. The largest absolute Gasteiger partial charge is 0.343 e. The van der Waals surface area contributed by atoms with Crippen LogP contribution < -0.4 is 26.6 Å². The van der Waals surface area contributed by atoms with Crippen LogP contribution >= 0.6 is 0 Å². The first-order valence-corrected chi connectivity index (χ1v) is 18.5. The van der Waals surface area contributed by atoms with Gasteiger partial charge in [0.2, 0.25) is 35.4 Å². The van der Waals surface area contributed by atoms with Crippen LogP contribution in [0.1, 0.15) is 99.5 Å². The monoisotopic (exact) mass is 696 g/mol. The zero-order valence-corrected chi connectivity index (χ0v) is 31.2. The molecular weight excluding hydrogens is 636 g/mol. The lowest BCUT2D eigenvalue weighted by Gasteiger charge is -2.33. The van der Waals surface area contributed by atoms with Gasteiger partial charge in [0.1, 0.15) is 36.3 Å². The smallest absolute Gasteiger partial charge is 0.246 e. The molecule has 2 fully saturated rings. The number of fused-ring (bicyclic) bond motifs is 1. The zero-order chi connectivity index (χ0) is 37.1. The maximum Gasteiger partial charge on any atom is 0.246 e. The lowest BCUT2D eigenvalue weighted by atomic mass is 9.95. The standard InChI is InChI=1S/C38H60N6O6/c1-9-25(8)32-37(49)41-28(19-23(4)5)34(46)42-30(21-26-14-11-10-12-15-26)38(50)44-17-13-16-31(44)36(48)40-27(18-22(2)3)33(45)39-29(20-24(6)7)35(47)43-32/h10-12,14-15,22-25,27-32H,9,13,16-21H2,1-8H3,(H,39,45)(H,40,48)(H,41,49)(H,42,46)(H,43,47). The van der Waals surface area contributed by atoms with Gasteiger partial charge in [-0.05, 0) is 61.3 Å². The molecule has 5 N–H and O–H groups in total. The maximum atomic E-state index is 14.3. The normalized spacial score (nSPS) is 26.8. The van der Waals surface area contributed by atoms with Crippen LogP contribution in [0.3, 0.4) is 0 Å². The summed E-state index contributed by atoms with van der Waals surface area (Å²) in [5.41, 5.74) is 0.821. The first kappa shape index (κ1) is 40.5. The highest BCUT2D eigenvalue weighted by atomic mass is 16.2. The molecule has 1 aromatic rings. The van der Waals surface area contributed by atoms with Crippen molar-refractivity contribution in [2.75, 3.05) is 6.54 Å². The predicted molar refractivity (Wildman–Crippen MR) is 192 cm³/mol. The van der Waals surface area contributed by atoms with Crippen molar-refractivity contribution in [2.45, 2.75) is 137 Å². The minimum atomic E-state index is -1.01. The van der Waals surface area contributed by atoms with Crippen LogP contribution in [0.2, 0.25) is 0 Å². The molecule has 0 aromatic heterocycles. The van der Waals surface area contributed by atoms with E-state index in [1.165, 1.54) is 4.90 Å². The van der Waals surface area contributed by atoms with Crippen LogP contribution in [0.5, 0.6) is 0 Å². The van der Waals surface area contributed by atoms with Gasteiger partial charge in [-0.2, -0.15) is 0 Å². The molecule has 2 aliphatic heterocycles. The molecule has 0 aliphatic carbocycles. The van der Waals surface area contributed by atoms with E-state index in [0.29, 0.717) is 45.1 Å². The molecule has 50 heavy (non-hydrogen) atoms. The lowest BCUT2D eigenvalue weighted by molar-refractivity contribution is -0.143. The highest BCUT2D eigenvalue weighted by molar-refractivity contribution is 5.98. The predicted octanol–water partition coefficient (Wildman–Crippen LogP) is 2.84. The van der Waals surface area contributed by atoms with Gasteiger partial charge in [0, 0.05) is 13.0 Å². The van der Waals surface area contributed by atoms with Gasteiger partial charge in [-0.15, -0.1) is 0 Å². The maximum absolute atomic E-state index is 14.3. The summed E-state index contributed by atoms with van der Waals surface area (Å²) in [6.45, 7) is 15.7. The van der Waals surface area contributed by atoms with Crippen LogP contribution in [0.15, 0.2) is 30.3 Å². The van der Waals surface area contributed by atoms with E-state index in [1.54, 1.807) is 0 Å². The third kappa shape index (κ3) is 11.6. The Morgan fingerprint density at radius 2 is 1.08 bits per heavy atom. The van der Waals surface area contributed by atoms with Crippen molar-refractivity contribution in [1.29, 1.82) is 0 Å². The molecule has 3 rings (SSSR count). The first-order chi connectivity index (χ1) is 23.6. The van der Waals surface area contributed by atoms with Crippen molar-refractivity contribution in [3.63, 3.8) is 0 Å². The second-order valence-electron chi connectivity index (χ2n) is 15.4. The Morgan fingerprint density at radius 3 is 1.58 bits per heavy atom. The Labute approximate surface area is 298 Å². The fourth-order valence-corrected chi connectivity index (χ4v) is 6.69. The van der Waals surface area contributed by atoms with E-state index >= 15 is 0 Å². The van der Waals surface area contributed by atoms with Gasteiger partial charge in [0.15, 0.2) is 0 Å². The Morgan fingerprint density at radius 1 is 0.620 bits per heavy atom. The van der Waals surface area contributed by atoms with Crippen molar-refractivity contribution in [2.24, 2.45) is 23.7 Å². The van der Waals surface area contributed by atoms with Crippen LogP contribution in [0.25, 0.3) is 0 Å². The number of amides is 6. The second kappa shape index (κ2) is 18.9. The highest BCUT2D eigenvalue weighted by Gasteiger charge is 2.41. The number of nitrogens with zero attached hydrogens (tertiary/aromatic N) is 1. The molecule has 2 saturated heterocycles. The van der Waals surface area contributed by atoms with Crippen LogP contribution in [-0.2, 0) is 35.2 Å². The molecular formula is C38H60N6O6. The van der Waals surface area contributed by atoms with Gasteiger partial charge < -0.3 is 31.5 Å². The molecule has 7 unspecified atom stereocenters. The van der Waals surface area contributed by atoms with E-state index in [4.69, 9.17) is 0 Å². The number of hydrogen-bond donors (Lipinski definition) is 5. The fourth-order valence-electron chi connectivity index (χ4n) is 6.69. The van der Waals surface area contributed by atoms with Crippen molar-refractivity contribution in [3.05, 3.63) is 35.9 Å². The fraction of sp³-hybridized carbons (Fsp3) is 0.684. The quantitative estimate of drug-likeness (QED) is 0.253. The summed E-state index contributed by atoms with van der Waals surface area (Å²) in [7, 11) is 0. The van der Waals surface area contributed by atoms with Crippen LogP contribution in [0, 0.1) is 23.7 Å². The molecule has 0 spiro atoms. The number of nitrogens with one attached hydrogen (secondary N) is 5. The summed E-state index contributed by atoms with van der Waals surface area (Å²) < 4.78 is 0. The van der Waals surface area contributed by atoms with Crippen molar-refractivity contribution >= 4 is 35.4 Å². The van der Waals surface area contributed by atoms with Gasteiger partial charge >= 0.3 is 0 Å². The van der Waals surface area contributed by atoms with Gasteiger partial charge in [-0.25, -0.2) is 0 Å². The van der Waals surface area contributed by atoms with E-state index in [0.717, 1.165) is 5.56 Å². The van der Waals surface area contributed by atoms with E-state index in [1.807, 2.05) is 85.7 Å². The first-order valence-electron chi connectivity index (χ1n) is 18.5. The number of hydrogen-bond acceptors (Lipinski definition) is 6. The highest BCUT2D eigenvalue weighted by Crippen LogP contribution is 2.21. The van der Waals surface area contributed by atoms with Crippen LogP contribution in [-0.4, -0.2) is 83.1 Å².